The van der Waals surface area contributed by atoms with Gasteiger partial charge in [-0.25, -0.2) is 4.79 Å². The monoisotopic (exact) mass is 320 g/mol. The Kier molecular flexibility index (Phi) is 7.70. The molecule has 0 aromatic heterocycles. The van der Waals surface area contributed by atoms with E-state index in [1.165, 1.54) is 14.0 Å². The largest absolute Gasteiger partial charge is 0.460 e. The zero-order valence-corrected chi connectivity index (χ0v) is 13.2. The lowest BCUT2D eigenvalue weighted by Crippen LogP contribution is -2.30. The second-order valence-corrected chi connectivity index (χ2v) is 4.95. The molecule has 0 fully saturated rings. The summed E-state index contributed by atoms with van der Waals surface area (Å²) in [5.41, 5.74) is 0.260. The first kappa shape index (κ1) is 18.6. The maximum absolute atomic E-state index is 12.0. The fourth-order valence-corrected chi connectivity index (χ4v) is 1.70. The molecule has 1 aromatic rings. The first-order valence-corrected chi connectivity index (χ1v) is 7.05. The van der Waals surface area contributed by atoms with Crippen molar-refractivity contribution < 1.29 is 28.6 Å². The summed E-state index contributed by atoms with van der Waals surface area (Å²) in [5.74, 6) is -1.89. The minimum atomic E-state index is -1.01. The Hall–Kier alpha value is -2.47. The zero-order valence-electron chi connectivity index (χ0n) is 13.2. The minimum Gasteiger partial charge on any atom is -0.460 e. The van der Waals surface area contributed by atoms with Crippen molar-refractivity contribution in [1.82, 2.24) is 0 Å². The number of esters is 2. The van der Waals surface area contributed by atoms with Crippen molar-refractivity contribution in [2.45, 2.75) is 19.4 Å². The molecule has 2 unspecified atom stereocenters. The highest BCUT2D eigenvalue weighted by Crippen LogP contribution is 2.15. The van der Waals surface area contributed by atoms with E-state index >= 15 is 0 Å². The summed E-state index contributed by atoms with van der Waals surface area (Å²) in [6, 6.07) is 8.44. The number of aldehydes is 1. The third-order valence-corrected chi connectivity index (χ3v) is 3.03. The summed E-state index contributed by atoms with van der Waals surface area (Å²) in [6.45, 7) is 4.91. The number of benzene rings is 1. The van der Waals surface area contributed by atoms with Crippen molar-refractivity contribution in [1.29, 1.82) is 0 Å². The molecule has 0 saturated heterocycles. The number of hydrogen-bond donors (Lipinski definition) is 0. The molecule has 0 heterocycles. The van der Waals surface area contributed by atoms with Gasteiger partial charge in [0.05, 0.1) is 6.10 Å². The third-order valence-electron chi connectivity index (χ3n) is 3.03. The van der Waals surface area contributed by atoms with Gasteiger partial charge in [-0.3, -0.25) is 4.79 Å². The average Bonchev–Trinajstić information content (AvgIpc) is 2.55. The number of hydrogen-bond acceptors (Lipinski definition) is 6. The van der Waals surface area contributed by atoms with Crippen LogP contribution in [0.15, 0.2) is 42.5 Å². The second kappa shape index (κ2) is 9.53. The van der Waals surface area contributed by atoms with Gasteiger partial charge < -0.3 is 19.0 Å². The van der Waals surface area contributed by atoms with Crippen molar-refractivity contribution in [2.24, 2.45) is 5.92 Å². The molecule has 124 valence electrons. The van der Waals surface area contributed by atoms with E-state index in [2.05, 4.69) is 6.58 Å². The first-order chi connectivity index (χ1) is 11.0. The highest BCUT2D eigenvalue weighted by Gasteiger charge is 2.25. The predicted octanol–water partition coefficient (Wildman–Crippen LogP) is 1.93. The van der Waals surface area contributed by atoms with Crippen LogP contribution in [-0.4, -0.2) is 38.0 Å². The van der Waals surface area contributed by atoms with Gasteiger partial charge in [-0.1, -0.05) is 24.8 Å². The molecule has 0 spiro atoms. The number of carbonyl (C=O) groups is 3. The smallest absolute Gasteiger partial charge is 0.333 e. The van der Waals surface area contributed by atoms with Crippen LogP contribution in [0.1, 0.15) is 13.3 Å². The number of para-hydroxylation sites is 1. The summed E-state index contributed by atoms with van der Waals surface area (Å²) < 4.78 is 15.2. The van der Waals surface area contributed by atoms with E-state index in [4.69, 9.17) is 14.2 Å². The van der Waals surface area contributed by atoms with E-state index in [-0.39, 0.29) is 18.6 Å². The molecule has 6 heteroatoms. The van der Waals surface area contributed by atoms with Gasteiger partial charge in [0.2, 0.25) is 0 Å². The minimum absolute atomic E-state index is 0.0507. The van der Waals surface area contributed by atoms with E-state index in [0.717, 1.165) is 0 Å². The molecule has 0 radical (unpaired) electrons. The van der Waals surface area contributed by atoms with Gasteiger partial charge in [-0.2, -0.15) is 0 Å². The summed E-state index contributed by atoms with van der Waals surface area (Å²) in [6.07, 6.45) is -0.0515. The molecule has 0 bridgehead atoms. The van der Waals surface area contributed by atoms with Crippen molar-refractivity contribution in [3.63, 3.8) is 0 Å². The lowest BCUT2D eigenvalue weighted by atomic mass is 10.0. The molecule has 1 rings (SSSR count). The predicted molar refractivity (Wildman–Crippen MR) is 82.8 cm³/mol. The fourth-order valence-electron chi connectivity index (χ4n) is 1.70. The van der Waals surface area contributed by atoms with E-state index in [9.17, 15) is 14.4 Å². The Morgan fingerprint density at radius 3 is 2.43 bits per heavy atom. The van der Waals surface area contributed by atoms with Gasteiger partial charge in [0.25, 0.3) is 0 Å². The van der Waals surface area contributed by atoms with Crippen LogP contribution < -0.4 is 4.74 Å². The Labute approximate surface area is 135 Å². The Balaban J connectivity index is 2.58. The van der Waals surface area contributed by atoms with Gasteiger partial charge in [0.1, 0.15) is 24.6 Å². The van der Waals surface area contributed by atoms with Crippen LogP contribution >= 0.6 is 0 Å². The summed E-state index contributed by atoms with van der Waals surface area (Å²) in [5, 5.41) is 0. The number of ether oxygens (including phenoxy) is 3. The topological polar surface area (TPSA) is 78.9 Å². The third kappa shape index (κ3) is 6.44. The van der Waals surface area contributed by atoms with Crippen molar-refractivity contribution >= 4 is 18.2 Å². The van der Waals surface area contributed by atoms with Crippen molar-refractivity contribution in [3.8, 4) is 5.75 Å². The number of rotatable bonds is 9. The first-order valence-electron chi connectivity index (χ1n) is 7.05. The molecule has 0 aliphatic rings. The second-order valence-electron chi connectivity index (χ2n) is 4.95. The summed E-state index contributed by atoms with van der Waals surface area (Å²) >= 11 is 0. The molecule has 0 aliphatic heterocycles. The molecule has 0 amide bonds. The van der Waals surface area contributed by atoms with Gasteiger partial charge >= 0.3 is 11.9 Å². The van der Waals surface area contributed by atoms with Gasteiger partial charge in [-0.15, -0.1) is 0 Å². The molecule has 0 saturated carbocycles. The molecule has 0 aliphatic carbocycles. The van der Waals surface area contributed by atoms with Crippen LogP contribution in [0.25, 0.3) is 0 Å². The van der Waals surface area contributed by atoms with E-state index in [1.807, 2.05) is 0 Å². The molecule has 0 N–H and O–H groups in total. The standard InChI is InChI=1S/C17H20O6/c1-12(2)16(19)22-11-15(21-3)9-13(10-18)17(20)23-14-7-5-4-6-8-14/h4-8,10,13,15H,1,9,11H2,2-3H3. The highest BCUT2D eigenvalue weighted by atomic mass is 16.6. The van der Waals surface area contributed by atoms with Crippen molar-refractivity contribution in [2.75, 3.05) is 13.7 Å². The lowest BCUT2D eigenvalue weighted by Gasteiger charge is -2.18. The van der Waals surface area contributed by atoms with Gasteiger partial charge in [0, 0.05) is 12.7 Å². The fraction of sp³-hybridized carbons (Fsp3) is 0.353. The van der Waals surface area contributed by atoms with Gasteiger partial charge in [-0.05, 0) is 25.5 Å². The Morgan fingerprint density at radius 1 is 1.26 bits per heavy atom. The van der Waals surface area contributed by atoms with Crippen LogP contribution in [-0.2, 0) is 23.9 Å². The summed E-state index contributed by atoms with van der Waals surface area (Å²) in [7, 11) is 1.41. The van der Waals surface area contributed by atoms with Crippen molar-refractivity contribution in [3.05, 3.63) is 42.5 Å². The quantitative estimate of drug-likeness (QED) is 0.227. The molecule has 6 nitrogen and oxygen atoms in total. The van der Waals surface area contributed by atoms with Crippen LogP contribution in [0.4, 0.5) is 0 Å². The van der Waals surface area contributed by atoms with Crippen LogP contribution in [0.3, 0.4) is 0 Å². The molecule has 1 aromatic carbocycles. The van der Waals surface area contributed by atoms with Crippen LogP contribution in [0, 0.1) is 5.92 Å². The number of methoxy groups -OCH3 is 1. The van der Waals surface area contributed by atoms with Crippen LogP contribution in [0.5, 0.6) is 5.75 Å². The van der Waals surface area contributed by atoms with Gasteiger partial charge in [0.15, 0.2) is 0 Å². The highest BCUT2D eigenvalue weighted by molar-refractivity contribution is 5.89. The molecule has 23 heavy (non-hydrogen) atoms. The molecule has 2 atom stereocenters. The zero-order chi connectivity index (χ0) is 17.2. The summed E-state index contributed by atoms with van der Waals surface area (Å²) in [4.78, 5) is 34.5. The maximum Gasteiger partial charge on any atom is 0.333 e. The number of carbonyl (C=O) groups excluding carboxylic acids is 3. The molecular formula is C17H20O6. The van der Waals surface area contributed by atoms with Crippen LogP contribution in [0.2, 0.25) is 0 Å². The van der Waals surface area contributed by atoms with E-state index in [1.54, 1.807) is 30.3 Å². The lowest BCUT2D eigenvalue weighted by molar-refractivity contribution is -0.145. The average molecular weight is 320 g/mol. The Morgan fingerprint density at radius 2 is 1.91 bits per heavy atom. The maximum atomic E-state index is 12.0. The SMILES string of the molecule is C=C(C)C(=O)OCC(CC(C=O)C(=O)Oc1ccccc1)OC. The normalized spacial score (nSPS) is 12.8. The van der Waals surface area contributed by atoms with E-state index in [0.29, 0.717) is 12.0 Å². The van der Waals surface area contributed by atoms with E-state index < -0.39 is 24.0 Å². The molecular weight excluding hydrogens is 300 g/mol. The Bertz CT molecular complexity index is 551.